The highest BCUT2D eigenvalue weighted by molar-refractivity contribution is 4.90. The van der Waals surface area contributed by atoms with Crippen molar-refractivity contribution in [2.24, 2.45) is 0 Å². The molecule has 0 aromatic rings. The summed E-state index contributed by atoms with van der Waals surface area (Å²) in [6.45, 7) is 29.1. The van der Waals surface area contributed by atoms with Crippen molar-refractivity contribution in [1.29, 1.82) is 0 Å². The Kier molecular flexibility index (Phi) is 47.8. The lowest BCUT2D eigenvalue weighted by Crippen LogP contribution is -1.52. The Bertz CT molecular complexity index is 239. The van der Waals surface area contributed by atoms with Crippen LogP contribution in [0.4, 0.5) is 0 Å². The molecule has 0 unspecified atom stereocenters. The third-order valence-corrected chi connectivity index (χ3v) is 2.31. The van der Waals surface area contributed by atoms with Crippen molar-refractivity contribution < 1.29 is 2.85 Å². The molecule has 0 spiro atoms. The van der Waals surface area contributed by atoms with E-state index in [1.54, 1.807) is 0 Å². The summed E-state index contributed by atoms with van der Waals surface area (Å²) in [5, 5.41) is 0. The fourth-order valence-corrected chi connectivity index (χ4v) is 0. The van der Waals surface area contributed by atoms with Crippen LogP contribution < -0.4 is 0 Å². The molecule has 0 atom stereocenters. The molecule has 0 aliphatic carbocycles. The number of hydrogen-bond donors (Lipinski definition) is 0. The standard InChI is InChI=1S/4C5H10.C3H8.2H2/c4*1-4-5(2)3;1-3-2;;/h4*4H,1-3H3;3H2,1-2H3;2*1H/i;;;;;2*1+1. The third-order valence-electron chi connectivity index (χ3n) is 2.31. The topological polar surface area (TPSA) is 0 Å². The van der Waals surface area contributed by atoms with Gasteiger partial charge < -0.3 is 0 Å². The van der Waals surface area contributed by atoms with Crippen LogP contribution in [0.5, 0.6) is 0 Å². The maximum absolute atomic E-state index is 2.12. The maximum atomic E-state index is 2.12. The van der Waals surface area contributed by atoms with Gasteiger partial charge in [-0.15, -0.1) is 0 Å². The van der Waals surface area contributed by atoms with E-state index in [2.05, 4.69) is 93.5 Å². The summed E-state index contributed by atoms with van der Waals surface area (Å²) >= 11 is 0. The van der Waals surface area contributed by atoms with Gasteiger partial charge in [-0.25, -0.2) is 0 Å². The van der Waals surface area contributed by atoms with Gasteiger partial charge in [0.05, 0.1) is 0 Å². The Balaban J connectivity index is -0.0000000321. The van der Waals surface area contributed by atoms with Gasteiger partial charge in [0.2, 0.25) is 0 Å². The van der Waals surface area contributed by atoms with Crippen molar-refractivity contribution in [2.45, 2.75) is 103 Å². The molecule has 144 valence electrons. The molecule has 0 heterocycles. The molecule has 0 aromatic heterocycles. The molecule has 0 nitrogen and oxygen atoms in total. The van der Waals surface area contributed by atoms with Gasteiger partial charge >= 0.3 is 0 Å². The molecule has 0 amide bonds. The smallest absolute Gasteiger partial charge is 0 e. The van der Waals surface area contributed by atoms with Crippen LogP contribution in [0.1, 0.15) is 106 Å². The Morgan fingerprint density at radius 2 is 0.522 bits per heavy atom. The van der Waals surface area contributed by atoms with Crippen LogP contribution >= 0.6 is 0 Å². The Hall–Kier alpha value is -1.04. The number of allylic oxidation sites excluding steroid dienone is 8. The van der Waals surface area contributed by atoms with E-state index in [1.165, 1.54) is 28.7 Å². The van der Waals surface area contributed by atoms with Crippen LogP contribution in [-0.2, 0) is 0 Å². The first kappa shape index (κ1) is 33.5. The van der Waals surface area contributed by atoms with Crippen molar-refractivity contribution in [2.75, 3.05) is 0 Å². The van der Waals surface area contributed by atoms with Crippen LogP contribution in [-0.4, -0.2) is 0 Å². The first-order chi connectivity index (χ1) is 10.5. The highest BCUT2D eigenvalue weighted by atomic mass is 13.7. The zero-order valence-corrected chi connectivity index (χ0v) is 19.0. The monoisotopic (exact) mass is 330 g/mol. The van der Waals surface area contributed by atoms with Gasteiger partial charge in [0, 0.05) is 2.85 Å². The predicted molar refractivity (Wildman–Crippen MR) is 121 cm³/mol. The van der Waals surface area contributed by atoms with Crippen LogP contribution in [0.25, 0.3) is 0 Å². The molecule has 0 heteroatoms. The summed E-state index contributed by atoms with van der Waals surface area (Å²) in [5.74, 6) is 0. The molecule has 0 fully saturated rings. The Morgan fingerprint density at radius 3 is 0.522 bits per heavy atom. The first-order valence-electron chi connectivity index (χ1n) is 8.88. The van der Waals surface area contributed by atoms with Crippen molar-refractivity contribution in [3.8, 4) is 0 Å². The maximum Gasteiger partial charge on any atom is 0 e. The summed E-state index contributed by atoms with van der Waals surface area (Å²) in [4.78, 5) is 0. The van der Waals surface area contributed by atoms with E-state index in [0.717, 1.165) is 0 Å². The fraction of sp³-hybridized carbons (Fsp3) is 0.652. The lowest BCUT2D eigenvalue weighted by Gasteiger charge is -1.74. The molecule has 0 bridgehead atoms. The summed E-state index contributed by atoms with van der Waals surface area (Å²) in [6, 6.07) is 0. The van der Waals surface area contributed by atoms with E-state index in [-0.39, 0.29) is 2.85 Å². The summed E-state index contributed by atoms with van der Waals surface area (Å²) in [7, 11) is 0. The van der Waals surface area contributed by atoms with Crippen LogP contribution in [0, 0.1) is 0 Å². The van der Waals surface area contributed by atoms with Gasteiger partial charge in [-0.05, 0) is 83.1 Å². The Morgan fingerprint density at radius 1 is 0.478 bits per heavy atom. The van der Waals surface area contributed by atoms with E-state index >= 15 is 0 Å². The van der Waals surface area contributed by atoms with Crippen molar-refractivity contribution >= 4 is 0 Å². The quantitative estimate of drug-likeness (QED) is 0.387. The lowest BCUT2D eigenvalue weighted by atomic mass is 10.3. The third kappa shape index (κ3) is 156. The van der Waals surface area contributed by atoms with Crippen LogP contribution in [0.15, 0.2) is 46.6 Å². The van der Waals surface area contributed by atoms with Crippen molar-refractivity contribution in [3.05, 3.63) is 46.6 Å². The Labute approximate surface area is 153 Å². The van der Waals surface area contributed by atoms with Gasteiger partial charge in [0.1, 0.15) is 0 Å². The second kappa shape index (κ2) is 32.8. The predicted octanol–water partition coefficient (Wildman–Crippen LogP) is 9.80. The molecular weight excluding hydrogens is 276 g/mol. The normalized spacial score (nSPS) is 6.87. The van der Waals surface area contributed by atoms with Crippen LogP contribution in [0.2, 0.25) is 0 Å². The first-order valence-corrected chi connectivity index (χ1v) is 8.88. The zero-order chi connectivity index (χ0) is 19.8. The highest BCUT2D eigenvalue weighted by Crippen LogP contribution is 1.83. The summed E-state index contributed by atoms with van der Waals surface area (Å²) < 4.78 is 0. The average molecular weight is 331 g/mol. The van der Waals surface area contributed by atoms with Crippen LogP contribution in [0.3, 0.4) is 0 Å². The lowest BCUT2D eigenvalue weighted by molar-refractivity contribution is 1.09. The molecule has 0 rings (SSSR count). The van der Waals surface area contributed by atoms with Crippen molar-refractivity contribution in [3.63, 3.8) is 0 Å². The highest BCUT2D eigenvalue weighted by Gasteiger charge is 1.61. The molecule has 0 aromatic carbocycles. The average Bonchev–Trinajstić information content (AvgIpc) is 2.49. The minimum absolute atomic E-state index is 0. The molecule has 0 radical (unpaired) electrons. The second-order valence-electron chi connectivity index (χ2n) is 6.17. The van der Waals surface area contributed by atoms with Gasteiger partial charge in [0.25, 0.3) is 0 Å². The largest absolute Gasteiger partial charge is 0.0890 e. The van der Waals surface area contributed by atoms with E-state index in [4.69, 9.17) is 0 Å². The molecular formula is C23H52. The molecule has 0 N–H and O–H groups in total. The molecule has 0 aliphatic rings. The molecule has 0 saturated heterocycles. The van der Waals surface area contributed by atoms with Gasteiger partial charge in [-0.3, -0.25) is 0 Å². The zero-order valence-electron chi connectivity index (χ0n) is 19.0. The summed E-state index contributed by atoms with van der Waals surface area (Å²) in [6.07, 6.45) is 9.58. The van der Waals surface area contributed by atoms with E-state index in [1.807, 2.05) is 27.7 Å². The fourth-order valence-electron chi connectivity index (χ4n) is 0. The molecule has 0 saturated carbocycles. The SMILES string of the molecule is CC=C(C)C.CC=C(C)C.CC=C(C)C.CC=C(C)C.CCC.[2HH].[2HH]. The number of hydrogen-bond acceptors (Lipinski definition) is 0. The van der Waals surface area contributed by atoms with Gasteiger partial charge in [0.15, 0.2) is 0 Å². The second-order valence-corrected chi connectivity index (χ2v) is 6.17. The minimum atomic E-state index is 0. The van der Waals surface area contributed by atoms with Gasteiger partial charge in [-0.2, -0.15) is 0 Å². The van der Waals surface area contributed by atoms with Crippen molar-refractivity contribution in [1.82, 2.24) is 0 Å². The van der Waals surface area contributed by atoms with E-state index < -0.39 is 0 Å². The van der Waals surface area contributed by atoms with E-state index in [9.17, 15) is 0 Å². The molecule has 23 heavy (non-hydrogen) atoms. The van der Waals surface area contributed by atoms with E-state index in [0.29, 0.717) is 0 Å². The number of rotatable bonds is 0. The minimum Gasteiger partial charge on any atom is -0.0890 e. The van der Waals surface area contributed by atoms with Gasteiger partial charge in [-0.1, -0.05) is 66.9 Å². The molecule has 0 aliphatic heterocycles. The summed E-state index contributed by atoms with van der Waals surface area (Å²) in [5.41, 5.74) is 5.52.